The summed E-state index contributed by atoms with van der Waals surface area (Å²) in [5.74, 6) is -0.626. The molecule has 2 aromatic carbocycles. The average molecular weight is 521 g/mol. The largest absolute Gasteiger partial charge is 0.450 e. The van der Waals surface area contributed by atoms with E-state index in [0.717, 1.165) is 23.3 Å². The Morgan fingerprint density at radius 3 is 2.45 bits per heavy atom. The molecule has 4 heterocycles. The molecule has 1 saturated heterocycles. The lowest BCUT2D eigenvalue weighted by Crippen LogP contribution is -2.45. The number of likely N-dealkylation sites (tertiary alicyclic amines) is 1. The van der Waals surface area contributed by atoms with Gasteiger partial charge < -0.3 is 9.64 Å². The number of ether oxygens (including phenoxy) is 1. The molecule has 1 amide bonds. The zero-order valence-corrected chi connectivity index (χ0v) is 20.2. The molecule has 10 heteroatoms. The van der Waals surface area contributed by atoms with Crippen LogP contribution in [-0.4, -0.2) is 52.4 Å². The summed E-state index contributed by atoms with van der Waals surface area (Å²) in [5, 5.41) is 4.53. The van der Waals surface area contributed by atoms with Gasteiger partial charge in [0.05, 0.1) is 22.5 Å². The summed E-state index contributed by atoms with van der Waals surface area (Å²) in [6.45, 7) is 1.32. The molecule has 0 saturated carbocycles. The number of fused-ring (bicyclic) bond motifs is 2. The number of carbonyl (C=O) groups excluding carboxylic acids is 2. The molecule has 6 rings (SSSR count). The van der Waals surface area contributed by atoms with Gasteiger partial charge in [-0.15, -0.1) is 0 Å². The van der Waals surface area contributed by atoms with Crippen LogP contribution in [-0.2, 0) is 16.5 Å². The lowest BCUT2D eigenvalue weighted by atomic mass is 9.83. The van der Waals surface area contributed by atoms with Gasteiger partial charge in [-0.2, -0.15) is 18.3 Å². The summed E-state index contributed by atoms with van der Waals surface area (Å²) in [6, 6.07) is 13.7. The average Bonchev–Trinajstić information content (AvgIpc) is 3.49. The van der Waals surface area contributed by atoms with Gasteiger partial charge in [0.1, 0.15) is 5.60 Å². The molecule has 1 spiro atoms. The molecule has 3 aliphatic rings. The van der Waals surface area contributed by atoms with Gasteiger partial charge in [-0.05, 0) is 54.5 Å². The van der Waals surface area contributed by atoms with Crippen molar-refractivity contribution in [3.8, 4) is 5.69 Å². The fourth-order valence-electron chi connectivity index (χ4n) is 5.35. The van der Waals surface area contributed by atoms with E-state index in [4.69, 9.17) is 4.74 Å². The van der Waals surface area contributed by atoms with Crippen molar-refractivity contribution < 1.29 is 27.5 Å². The molecule has 0 aliphatic carbocycles. The van der Waals surface area contributed by atoms with Crippen molar-refractivity contribution in [3.63, 3.8) is 0 Å². The molecule has 38 heavy (non-hydrogen) atoms. The maximum atomic E-state index is 13.5. The number of halogens is 3. The van der Waals surface area contributed by atoms with Crippen molar-refractivity contribution in [2.45, 2.75) is 31.0 Å². The van der Waals surface area contributed by atoms with Crippen LogP contribution in [0, 0.1) is 0 Å². The third-order valence-electron chi connectivity index (χ3n) is 7.37. The number of esters is 1. The van der Waals surface area contributed by atoms with Gasteiger partial charge in [0.15, 0.2) is 5.69 Å². The summed E-state index contributed by atoms with van der Waals surface area (Å²) in [7, 11) is 0. The molecule has 194 valence electrons. The third kappa shape index (κ3) is 4.09. The van der Waals surface area contributed by atoms with Crippen LogP contribution in [0.25, 0.3) is 11.3 Å². The van der Waals surface area contributed by atoms with Crippen molar-refractivity contribution in [3.05, 3.63) is 88.8 Å². The number of alkyl halides is 3. The van der Waals surface area contributed by atoms with E-state index in [9.17, 15) is 22.8 Å². The lowest BCUT2D eigenvalue weighted by molar-refractivity contribution is -0.137. The van der Waals surface area contributed by atoms with Gasteiger partial charge in [0, 0.05) is 44.3 Å². The summed E-state index contributed by atoms with van der Waals surface area (Å²) in [5.41, 5.74) is 2.07. The van der Waals surface area contributed by atoms with E-state index in [-0.39, 0.29) is 17.6 Å². The number of hydrogen-bond acceptors (Lipinski definition) is 5. The molecule has 0 N–H and O–H groups in total. The van der Waals surface area contributed by atoms with Gasteiger partial charge in [-0.3, -0.25) is 9.79 Å². The molecular formula is C28H23F3N4O3. The first-order valence-electron chi connectivity index (χ1n) is 12.3. The Morgan fingerprint density at radius 1 is 1.03 bits per heavy atom. The number of carbonyl (C=O) groups is 2. The van der Waals surface area contributed by atoms with Crippen molar-refractivity contribution in [1.29, 1.82) is 0 Å². The van der Waals surface area contributed by atoms with Crippen LogP contribution in [0.15, 0.2) is 65.7 Å². The van der Waals surface area contributed by atoms with E-state index in [1.165, 1.54) is 16.8 Å². The molecule has 0 bridgehead atoms. The first-order chi connectivity index (χ1) is 18.2. The molecule has 1 aromatic heterocycles. The second-order valence-electron chi connectivity index (χ2n) is 9.59. The predicted octanol–water partition coefficient (Wildman–Crippen LogP) is 5.05. The van der Waals surface area contributed by atoms with Gasteiger partial charge >= 0.3 is 12.1 Å². The minimum absolute atomic E-state index is 0.197. The van der Waals surface area contributed by atoms with Crippen molar-refractivity contribution >= 4 is 23.7 Å². The lowest BCUT2D eigenvalue weighted by Gasteiger charge is -2.38. The minimum atomic E-state index is -4.45. The van der Waals surface area contributed by atoms with Crippen LogP contribution >= 0.6 is 0 Å². The number of amides is 1. The molecule has 3 aliphatic heterocycles. The Bertz CT molecular complexity index is 1480. The molecule has 1 fully saturated rings. The predicted molar refractivity (Wildman–Crippen MR) is 133 cm³/mol. The quantitative estimate of drug-likeness (QED) is 0.453. The maximum absolute atomic E-state index is 13.5. The van der Waals surface area contributed by atoms with Crippen molar-refractivity contribution in [2.24, 2.45) is 4.99 Å². The Labute approximate surface area is 216 Å². The molecule has 0 unspecified atom stereocenters. The zero-order chi connectivity index (χ0) is 26.5. The Hall–Kier alpha value is -4.21. The Kier molecular flexibility index (Phi) is 5.70. The van der Waals surface area contributed by atoms with Crippen molar-refractivity contribution in [2.75, 3.05) is 19.6 Å². The third-order valence-corrected chi connectivity index (χ3v) is 7.37. The smallest absolute Gasteiger partial charge is 0.416 e. The molecule has 7 nitrogen and oxygen atoms in total. The first-order valence-corrected chi connectivity index (χ1v) is 12.3. The fourth-order valence-corrected chi connectivity index (χ4v) is 5.35. The van der Waals surface area contributed by atoms with Crippen LogP contribution < -0.4 is 0 Å². The van der Waals surface area contributed by atoms with Gasteiger partial charge in [0.25, 0.3) is 5.91 Å². The number of nitrogens with zero attached hydrogens (tertiary/aromatic N) is 4. The van der Waals surface area contributed by atoms with E-state index >= 15 is 0 Å². The summed E-state index contributed by atoms with van der Waals surface area (Å²) < 4.78 is 46.6. The van der Waals surface area contributed by atoms with E-state index < -0.39 is 17.3 Å². The van der Waals surface area contributed by atoms with E-state index in [1.54, 1.807) is 29.3 Å². The second kappa shape index (κ2) is 8.97. The Balaban J connectivity index is 1.28. The van der Waals surface area contributed by atoms with Crippen LogP contribution in [0.4, 0.5) is 13.2 Å². The summed E-state index contributed by atoms with van der Waals surface area (Å²) >= 11 is 0. The summed E-state index contributed by atoms with van der Waals surface area (Å²) in [4.78, 5) is 31.8. The van der Waals surface area contributed by atoms with Gasteiger partial charge in [0.2, 0.25) is 0 Å². The highest BCUT2D eigenvalue weighted by atomic mass is 19.4. The highest BCUT2D eigenvalue weighted by Gasteiger charge is 2.47. The van der Waals surface area contributed by atoms with Gasteiger partial charge in [-0.25, -0.2) is 9.48 Å². The number of aromatic nitrogens is 2. The number of dihydropyridines is 1. The van der Waals surface area contributed by atoms with E-state index in [0.29, 0.717) is 55.8 Å². The highest BCUT2D eigenvalue weighted by Crippen LogP contribution is 2.44. The second-order valence-corrected chi connectivity index (χ2v) is 9.59. The SMILES string of the molecule is O=C1OC2(CCN(C(=O)c3cc(C4=CC=NCC4)n(-c4ccc(C(F)(F)F)cc4)n3)CC2)c2ccccc21. The highest BCUT2D eigenvalue weighted by molar-refractivity contribution is 5.96. The number of aliphatic imine (C=N–C) groups is 1. The normalized spacial score (nSPS) is 18.3. The molecular weight excluding hydrogens is 497 g/mol. The van der Waals surface area contributed by atoms with Crippen molar-refractivity contribution in [1.82, 2.24) is 14.7 Å². The molecule has 0 radical (unpaired) electrons. The first kappa shape index (κ1) is 24.1. The monoisotopic (exact) mass is 520 g/mol. The van der Waals surface area contributed by atoms with Crippen LogP contribution in [0.2, 0.25) is 0 Å². The molecule has 0 atom stereocenters. The Morgan fingerprint density at radius 2 is 1.76 bits per heavy atom. The topological polar surface area (TPSA) is 76.8 Å². The van der Waals surface area contributed by atoms with Crippen LogP contribution in [0.5, 0.6) is 0 Å². The molecule has 3 aromatic rings. The van der Waals surface area contributed by atoms with E-state index in [1.807, 2.05) is 18.2 Å². The van der Waals surface area contributed by atoms with Crippen LogP contribution in [0.1, 0.15) is 56.9 Å². The standard InChI is InChI=1S/C28H23F3N4O3/c29-28(30,31)19-5-7-20(8-6-19)35-24(18-9-13-32-14-10-18)17-23(33-35)25(36)34-15-11-27(12-16-34)22-4-2-1-3-21(22)26(37)38-27/h1-9,13,17H,10-12,14-16H2. The van der Waals surface area contributed by atoms with Crippen LogP contribution in [0.3, 0.4) is 0 Å². The number of rotatable bonds is 3. The number of piperidine rings is 1. The fraction of sp³-hybridized carbons (Fsp3) is 0.286. The maximum Gasteiger partial charge on any atom is 0.416 e. The van der Waals surface area contributed by atoms with E-state index in [2.05, 4.69) is 10.1 Å². The minimum Gasteiger partial charge on any atom is -0.450 e. The number of hydrogen-bond donors (Lipinski definition) is 0. The number of allylic oxidation sites excluding steroid dienone is 1. The number of benzene rings is 2. The van der Waals surface area contributed by atoms with Gasteiger partial charge in [-0.1, -0.05) is 18.2 Å². The zero-order valence-electron chi connectivity index (χ0n) is 20.2. The summed E-state index contributed by atoms with van der Waals surface area (Å²) in [6.07, 6.45) is 0.606.